The number of hydrogen-bond acceptors (Lipinski definition) is 5. The van der Waals surface area contributed by atoms with Crippen LogP contribution in [0, 0.1) is 13.8 Å². The van der Waals surface area contributed by atoms with E-state index in [0.29, 0.717) is 42.7 Å². The Hall–Kier alpha value is -3.13. The lowest BCUT2D eigenvalue weighted by molar-refractivity contribution is 0.208. The summed E-state index contributed by atoms with van der Waals surface area (Å²) in [5.41, 5.74) is 1.68. The minimum absolute atomic E-state index is 0.123. The van der Waals surface area contributed by atoms with Crippen molar-refractivity contribution in [3.8, 4) is 5.82 Å². The zero-order valence-corrected chi connectivity index (χ0v) is 17.1. The molecule has 1 aliphatic rings. The van der Waals surface area contributed by atoms with Crippen molar-refractivity contribution in [1.82, 2.24) is 24.4 Å². The van der Waals surface area contributed by atoms with Crippen LogP contribution >= 0.6 is 11.6 Å². The molecule has 0 aliphatic carbocycles. The van der Waals surface area contributed by atoms with Crippen molar-refractivity contribution in [3.63, 3.8) is 0 Å². The maximum absolute atomic E-state index is 12.6. The highest BCUT2D eigenvalue weighted by Gasteiger charge is 2.23. The molecule has 8 nitrogen and oxygen atoms in total. The van der Waals surface area contributed by atoms with E-state index >= 15 is 0 Å². The summed E-state index contributed by atoms with van der Waals surface area (Å²) in [6, 6.07) is 7.34. The molecule has 1 aliphatic heterocycles. The fourth-order valence-electron chi connectivity index (χ4n) is 3.24. The fourth-order valence-corrected chi connectivity index (χ4v) is 3.42. The lowest BCUT2D eigenvalue weighted by Crippen LogP contribution is -2.50. The number of hydrogen-bond donors (Lipinski definition) is 1. The predicted octanol–water partition coefficient (Wildman–Crippen LogP) is 3.29. The second-order valence-electron chi connectivity index (χ2n) is 6.97. The monoisotopic (exact) mass is 411 g/mol. The van der Waals surface area contributed by atoms with Gasteiger partial charge >= 0.3 is 6.03 Å². The van der Waals surface area contributed by atoms with Crippen LogP contribution in [0.25, 0.3) is 5.82 Å². The van der Waals surface area contributed by atoms with Gasteiger partial charge in [-0.25, -0.2) is 19.7 Å². The first-order valence-electron chi connectivity index (χ1n) is 9.40. The Morgan fingerprint density at radius 3 is 2.52 bits per heavy atom. The molecule has 9 heteroatoms. The van der Waals surface area contributed by atoms with Crippen molar-refractivity contribution in [1.29, 1.82) is 0 Å². The Balaban J connectivity index is 1.40. The van der Waals surface area contributed by atoms with Crippen LogP contribution in [0.2, 0.25) is 5.02 Å². The highest BCUT2D eigenvalue weighted by molar-refractivity contribution is 6.31. The number of carbonyl (C=O) groups is 1. The minimum Gasteiger partial charge on any atom is -0.353 e. The van der Waals surface area contributed by atoms with Crippen LogP contribution in [0.4, 0.5) is 16.3 Å². The second kappa shape index (κ2) is 8.08. The molecule has 0 spiro atoms. The summed E-state index contributed by atoms with van der Waals surface area (Å²) in [5, 5.41) is 3.56. The summed E-state index contributed by atoms with van der Waals surface area (Å²) < 4.78 is 1.86. The van der Waals surface area contributed by atoms with Crippen molar-refractivity contribution >= 4 is 29.1 Å². The van der Waals surface area contributed by atoms with Crippen LogP contribution in [0.3, 0.4) is 0 Å². The molecule has 2 aromatic heterocycles. The first-order chi connectivity index (χ1) is 14.0. The zero-order chi connectivity index (χ0) is 20.4. The lowest BCUT2D eigenvalue weighted by atomic mass is 10.2. The number of benzene rings is 1. The van der Waals surface area contributed by atoms with Gasteiger partial charge in [-0.05, 0) is 31.5 Å². The van der Waals surface area contributed by atoms with Crippen molar-refractivity contribution in [2.24, 2.45) is 0 Å². The highest BCUT2D eigenvalue weighted by atomic mass is 35.5. The van der Waals surface area contributed by atoms with Crippen LogP contribution in [-0.4, -0.2) is 56.6 Å². The number of amides is 2. The summed E-state index contributed by atoms with van der Waals surface area (Å²) in [6.45, 7) is 6.41. The molecule has 29 heavy (non-hydrogen) atoms. The van der Waals surface area contributed by atoms with E-state index in [-0.39, 0.29) is 6.03 Å². The van der Waals surface area contributed by atoms with E-state index in [9.17, 15) is 4.79 Å². The molecule has 3 aromatic rings. The Kier molecular flexibility index (Phi) is 5.35. The molecule has 2 amide bonds. The highest BCUT2D eigenvalue weighted by Crippen LogP contribution is 2.21. The van der Waals surface area contributed by atoms with E-state index in [2.05, 4.69) is 25.2 Å². The van der Waals surface area contributed by atoms with Gasteiger partial charge < -0.3 is 15.1 Å². The number of anilines is 2. The van der Waals surface area contributed by atoms with Crippen molar-refractivity contribution in [3.05, 3.63) is 59.4 Å². The summed E-state index contributed by atoms with van der Waals surface area (Å²) in [6.07, 6.45) is 5.28. The lowest BCUT2D eigenvalue weighted by Gasteiger charge is -2.35. The molecule has 150 valence electrons. The molecule has 0 radical (unpaired) electrons. The summed E-state index contributed by atoms with van der Waals surface area (Å²) in [7, 11) is 0. The number of imidazole rings is 1. The zero-order valence-electron chi connectivity index (χ0n) is 16.3. The van der Waals surface area contributed by atoms with Gasteiger partial charge in [-0.2, -0.15) is 0 Å². The van der Waals surface area contributed by atoms with E-state index in [1.165, 1.54) is 0 Å². The Bertz CT molecular complexity index is 1010. The van der Waals surface area contributed by atoms with E-state index in [0.717, 1.165) is 17.2 Å². The Labute approximate surface area is 174 Å². The van der Waals surface area contributed by atoms with Gasteiger partial charge in [0.25, 0.3) is 0 Å². The van der Waals surface area contributed by atoms with Gasteiger partial charge in [-0.3, -0.25) is 4.57 Å². The van der Waals surface area contributed by atoms with Crippen LogP contribution in [-0.2, 0) is 0 Å². The van der Waals surface area contributed by atoms with Crippen LogP contribution < -0.4 is 10.2 Å². The Morgan fingerprint density at radius 2 is 1.83 bits per heavy atom. The minimum atomic E-state index is -0.123. The van der Waals surface area contributed by atoms with E-state index in [1.54, 1.807) is 23.5 Å². The Morgan fingerprint density at radius 1 is 1.07 bits per heavy atom. The van der Waals surface area contributed by atoms with Gasteiger partial charge in [-0.1, -0.05) is 17.7 Å². The molecule has 0 unspecified atom stereocenters. The van der Waals surface area contributed by atoms with Crippen LogP contribution in [0.15, 0.2) is 43.0 Å². The van der Waals surface area contributed by atoms with Crippen molar-refractivity contribution in [2.45, 2.75) is 13.8 Å². The van der Waals surface area contributed by atoms with Gasteiger partial charge in [0, 0.05) is 55.3 Å². The summed E-state index contributed by atoms with van der Waals surface area (Å²) in [4.78, 5) is 29.7. The third-order valence-corrected chi connectivity index (χ3v) is 5.30. The fraction of sp³-hybridized carbons (Fsp3) is 0.300. The first kappa shape index (κ1) is 19.2. The largest absolute Gasteiger partial charge is 0.353 e. The SMILES string of the molecule is Cc1nc(N2CCN(C(=O)Nc3ccc(C)c(Cl)c3)CC2)cc(-n2ccnc2)n1. The smallest absolute Gasteiger partial charge is 0.321 e. The summed E-state index contributed by atoms with van der Waals surface area (Å²) in [5.74, 6) is 2.33. The molecule has 0 saturated carbocycles. The average molecular weight is 412 g/mol. The molecular formula is C20H22ClN7O. The molecule has 3 heterocycles. The van der Waals surface area contributed by atoms with Gasteiger partial charge in [0.05, 0.1) is 0 Å². The molecule has 1 fully saturated rings. The van der Waals surface area contributed by atoms with Gasteiger partial charge in [0.2, 0.25) is 0 Å². The van der Waals surface area contributed by atoms with Gasteiger partial charge in [-0.15, -0.1) is 0 Å². The van der Waals surface area contributed by atoms with Gasteiger partial charge in [0.1, 0.15) is 23.8 Å². The maximum atomic E-state index is 12.6. The van der Waals surface area contributed by atoms with Crippen LogP contribution in [0.5, 0.6) is 0 Å². The predicted molar refractivity (Wildman–Crippen MR) is 113 cm³/mol. The second-order valence-corrected chi connectivity index (χ2v) is 7.38. The van der Waals surface area contributed by atoms with Crippen molar-refractivity contribution in [2.75, 3.05) is 36.4 Å². The third kappa shape index (κ3) is 4.32. The normalized spacial score (nSPS) is 14.2. The quantitative estimate of drug-likeness (QED) is 0.715. The number of rotatable bonds is 3. The average Bonchev–Trinajstić information content (AvgIpc) is 3.25. The standard InChI is InChI=1S/C20H22ClN7O/c1-14-3-4-16(11-17(14)21)25-20(29)27-9-7-26(8-10-27)18-12-19(24-15(2)23-18)28-6-5-22-13-28/h3-6,11-13H,7-10H2,1-2H3,(H,25,29). The van der Waals surface area contributed by atoms with E-state index in [1.807, 2.05) is 42.8 Å². The van der Waals surface area contributed by atoms with Crippen LogP contribution in [0.1, 0.15) is 11.4 Å². The molecule has 0 atom stereocenters. The topological polar surface area (TPSA) is 79.2 Å². The number of aryl methyl sites for hydroxylation is 2. The molecule has 0 bridgehead atoms. The molecule has 1 N–H and O–H groups in total. The van der Waals surface area contributed by atoms with Gasteiger partial charge in [0.15, 0.2) is 0 Å². The molecule has 1 aromatic carbocycles. The number of halogens is 1. The third-order valence-electron chi connectivity index (χ3n) is 4.89. The molecular weight excluding hydrogens is 390 g/mol. The number of nitrogens with one attached hydrogen (secondary N) is 1. The maximum Gasteiger partial charge on any atom is 0.321 e. The number of piperazine rings is 1. The summed E-state index contributed by atoms with van der Waals surface area (Å²) >= 11 is 6.14. The molecule has 4 rings (SSSR count). The number of carbonyl (C=O) groups excluding carboxylic acids is 1. The molecule has 1 saturated heterocycles. The van der Waals surface area contributed by atoms with Crippen molar-refractivity contribution < 1.29 is 4.79 Å². The number of urea groups is 1. The van der Waals surface area contributed by atoms with E-state index in [4.69, 9.17) is 11.6 Å². The number of nitrogens with zero attached hydrogens (tertiary/aromatic N) is 6. The first-order valence-corrected chi connectivity index (χ1v) is 9.78. The van der Waals surface area contributed by atoms with E-state index < -0.39 is 0 Å². The number of aromatic nitrogens is 4.